The predicted molar refractivity (Wildman–Crippen MR) is 81.6 cm³/mol. The molecule has 0 aliphatic carbocycles. The molecule has 0 atom stereocenters. The molecule has 0 saturated heterocycles. The lowest BCUT2D eigenvalue weighted by Crippen LogP contribution is -2.31. The molecular weight excluding hydrogens is 354 g/mol. The fraction of sp³-hybridized carbons (Fsp3) is 0.0714. The molecule has 22 heavy (non-hydrogen) atoms. The van der Waals surface area contributed by atoms with Crippen molar-refractivity contribution in [3.63, 3.8) is 0 Å². The van der Waals surface area contributed by atoms with Crippen molar-refractivity contribution in [1.82, 2.24) is 10.3 Å². The van der Waals surface area contributed by atoms with Gasteiger partial charge in [0, 0.05) is 16.1 Å². The van der Waals surface area contributed by atoms with Gasteiger partial charge in [-0.05, 0) is 31.2 Å². The van der Waals surface area contributed by atoms with Gasteiger partial charge in [-0.25, -0.2) is 0 Å². The summed E-state index contributed by atoms with van der Waals surface area (Å²) in [7, 11) is 0. The largest absolute Gasteiger partial charge is 0.288 e. The molecule has 0 spiro atoms. The number of nitrogens with zero attached hydrogens (tertiary/aromatic N) is 2. The molecule has 1 aromatic carbocycles. The van der Waals surface area contributed by atoms with Gasteiger partial charge < -0.3 is 0 Å². The summed E-state index contributed by atoms with van der Waals surface area (Å²) in [6, 6.07) is 7.52. The molecule has 8 heteroatoms. The van der Waals surface area contributed by atoms with Crippen LogP contribution in [0, 0.1) is 17.0 Å². The van der Waals surface area contributed by atoms with E-state index in [1.54, 1.807) is 24.3 Å². The Kier molecular flexibility index (Phi) is 4.62. The zero-order valence-electron chi connectivity index (χ0n) is 11.4. The van der Waals surface area contributed by atoms with E-state index in [0.29, 0.717) is 11.3 Å². The van der Waals surface area contributed by atoms with Gasteiger partial charge in [-0.15, -0.1) is 0 Å². The van der Waals surface area contributed by atoms with Gasteiger partial charge in [0.15, 0.2) is 0 Å². The zero-order valence-corrected chi connectivity index (χ0v) is 13.0. The Bertz CT molecular complexity index is 759. The Hall–Kier alpha value is -2.61. The van der Waals surface area contributed by atoms with Crippen LogP contribution in [0.5, 0.6) is 0 Å². The molecule has 0 unspecified atom stereocenters. The van der Waals surface area contributed by atoms with Gasteiger partial charge in [-0.1, -0.05) is 15.9 Å². The molecule has 0 radical (unpaired) electrons. The van der Waals surface area contributed by atoms with E-state index in [9.17, 15) is 19.7 Å². The minimum atomic E-state index is -0.735. The summed E-state index contributed by atoms with van der Waals surface area (Å²) >= 11 is 3.24. The third kappa shape index (κ3) is 3.53. The van der Waals surface area contributed by atoms with Gasteiger partial charge in [-0.3, -0.25) is 30.0 Å². The molecule has 1 N–H and O–H groups in total. The standard InChI is InChI=1S/C14H10BrN3O4/c1-8-12(6-11(7-16-8)18(21)22)14(20)17-13(19)9-2-4-10(15)5-3-9/h2-7H,1H3,(H,17,19,20). The number of nitrogens with one attached hydrogen (secondary N) is 1. The number of aryl methyl sites for hydroxylation is 1. The highest BCUT2D eigenvalue weighted by Gasteiger charge is 2.18. The second kappa shape index (κ2) is 6.44. The van der Waals surface area contributed by atoms with Gasteiger partial charge >= 0.3 is 0 Å². The maximum absolute atomic E-state index is 12.1. The maximum atomic E-state index is 12.1. The summed E-state index contributed by atoms with van der Waals surface area (Å²) < 4.78 is 0.800. The highest BCUT2D eigenvalue weighted by molar-refractivity contribution is 9.10. The van der Waals surface area contributed by atoms with Gasteiger partial charge in [-0.2, -0.15) is 0 Å². The Labute approximate surface area is 133 Å². The highest BCUT2D eigenvalue weighted by atomic mass is 79.9. The monoisotopic (exact) mass is 363 g/mol. The summed E-state index contributed by atoms with van der Waals surface area (Å²) in [6.45, 7) is 1.53. The van der Waals surface area contributed by atoms with E-state index in [1.165, 1.54) is 6.92 Å². The number of imide groups is 1. The number of amides is 2. The first-order valence-electron chi connectivity index (χ1n) is 6.11. The maximum Gasteiger partial charge on any atom is 0.288 e. The summed E-state index contributed by atoms with van der Waals surface area (Å²) in [5, 5.41) is 12.9. The number of aromatic nitrogens is 1. The van der Waals surface area contributed by atoms with Crippen LogP contribution in [0.1, 0.15) is 26.4 Å². The highest BCUT2D eigenvalue weighted by Crippen LogP contribution is 2.15. The molecule has 2 rings (SSSR count). The Balaban J connectivity index is 2.22. The average molecular weight is 364 g/mol. The summed E-state index contributed by atoms with van der Waals surface area (Å²) in [6.07, 6.45) is 1.06. The fourth-order valence-corrected chi connectivity index (χ4v) is 1.96. The van der Waals surface area contributed by atoms with Crippen LogP contribution >= 0.6 is 15.9 Å². The van der Waals surface area contributed by atoms with Crippen molar-refractivity contribution in [3.05, 3.63) is 67.9 Å². The molecule has 2 amide bonds. The zero-order chi connectivity index (χ0) is 16.3. The van der Waals surface area contributed by atoms with Crippen LogP contribution < -0.4 is 5.32 Å². The molecule has 1 aromatic heterocycles. The number of pyridine rings is 1. The van der Waals surface area contributed by atoms with Crippen molar-refractivity contribution in [2.45, 2.75) is 6.92 Å². The Morgan fingerprint density at radius 1 is 1.23 bits per heavy atom. The topological polar surface area (TPSA) is 102 Å². The second-order valence-electron chi connectivity index (χ2n) is 4.37. The third-order valence-electron chi connectivity index (χ3n) is 2.86. The number of benzene rings is 1. The molecule has 2 aromatic rings. The van der Waals surface area contributed by atoms with E-state index in [2.05, 4.69) is 26.2 Å². The average Bonchev–Trinajstić information content (AvgIpc) is 2.47. The summed E-state index contributed by atoms with van der Waals surface area (Å²) in [4.78, 5) is 37.9. The van der Waals surface area contributed by atoms with Crippen molar-refractivity contribution in [3.8, 4) is 0 Å². The smallest absolute Gasteiger partial charge is 0.288 e. The number of hydrogen-bond acceptors (Lipinski definition) is 5. The predicted octanol–water partition coefficient (Wildman–Crippen LogP) is 2.63. The van der Waals surface area contributed by atoms with Crippen molar-refractivity contribution < 1.29 is 14.5 Å². The molecule has 1 heterocycles. The lowest BCUT2D eigenvalue weighted by Gasteiger charge is -2.06. The van der Waals surface area contributed by atoms with Crippen molar-refractivity contribution in [2.24, 2.45) is 0 Å². The summed E-state index contributed by atoms with van der Waals surface area (Å²) in [5.74, 6) is -1.33. The molecule has 0 bridgehead atoms. The summed E-state index contributed by atoms with van der Waals surface area (Å²) in [5.41, 5.74) is 0.269. The van der Waals surface area contributed by atoms with Crippen LogP contribution in [-0.2, 0) is 0 Å². The van der Waals surface area contributed by atoms with Crippen molar-refractivity contribution in [2.75, 3.05) is 0 Å². The fourth-order valence-electron chi connectivity index (χ4n) is 1.70. The van der Waals surface area contributed by atoms with E-state index in [0.717, 1.165) is 16.7 Å². The molecule has 0 fully saturated rings. The van der Waals surface area contributed by atoms with Gasteiger partial charge in [0.05, 0.1) is 16.2 Å². The van der Waals surface area contributed by atoms with Gasteiger partial charge in [0.1, 0.15) is 6.20 Å². The van der Waals surface area contributed by atoms with Gasteiger partial charge in [0.2, 0.25) is 0 Å². The van der Waals surface area contributed by atoms with E-state index in [-0.39, 0.29) is 11.3 Å². The molecule has 7 nitrogen and oxygen atoms in total. The number of halogens is 1. The first-order valence-corrected chi connectivity index (χ1v) is 6.90. The Morgan fingerprint density at radius 3 is 2.45 bits per heavy atom. The molecule has 0 saturated carbocycles. The first kappa shape index (κ1) is 15.8. The molecular formula is C14H10BrN3O4. The van der Waals surface area contributed by atoms with Crippen LogP contribution in [0.25, 0.3) is 0 Å². The van der Waals surface area contributed by atoms with Gasteiger partial charge in [0.25, 0.3) is 17.5 Å². The van der Waals surface area contributed by atoms with Crippen molar-refractivity contribution >= 4 is 33.4 Å². The third-order valence-corrected chi connectivity index (χ3v) is 3.39. The number of hydrogen-bond donors (Lipinski definition) is 1. The Morgan fingerprint density at radius 2 is 1.86 bits per heavy atom. The molecule has 0 aliphatic heterocycles. The van der Waals surface area contributed by atoms with Crippen molar-refractivity contribution in [1.29, 1.82) is 0 Å². The van der Waals surface area contributed by atoms with Crippen LogP contribution in [0.3, 0.4) is 0 Å². The number of rotatable bonds is 3. The van der Waals surface area contributed by atoms with E-state index in [4.69, 9.17) is 0 Å². The number of carbonyl (C=O) groups excluding carboxylic acids is 2. The first-order chi connectivity index (χ1) is 10.4. The van der Waals surface area contributed by atoms with Crippen LogP contribution in [0.2, 0.25) is 0 Å². The van der Waals surface area contributed by atoms with E-state index >= 15 is 0 Å². The number of nitro groups is 1. The minimum Gasteiger partial charge on any atom is -0.288 e. The van der Waals surface area contributed by atoms with E-state index in [1.807, 2.05) is 0 Å². The lowest BCUT2D eigenvalue weighted by molar-refractivity contribution is -0.385. The SMILES string of the molecule is Cc1ncc([N+](=O)[O-])cc1C(=O)NC(=O)c1ccc(Br)cc1. The number of carbonyl (C=O) groups is 2. The minimum absolute atomic E-state index is 0.0142. The van der Waals surface area contributed by atoms with E-state index < -0.39 is 16.7 Å². The quantitative estimate of drug-likeness (QED) is 0.512. The molecule has 0 aliphatic rings. The van der Waals surface area contributed by atoms with Crippen LogP contribution in [0.15, 0.2) is 41.0 Å². The second-order valence-corrected chi connectivity index (χ2v) is 5.29. The normalized spacial score (nSPS) is 10.1. The van der Waals surface area contributed by atoms with Crippen LogP contribution in [-0.4, -0.2) is 21.7 Å². The van der Waals surface area contributed by atoms with Crippen LogP contribution in [0.4, 0.5) is 5.69 Å². The lowest BCUT2D eigenvalue weighted by atomic mass is 10.1. The molecule has 112 valence electrons.